The molecule has 6 nitrogen and oxygen atoms in total. The van der Waals surface area contributed by atoms with E-state index in [-0.39, 0.29) is 11.5 Å². The Bertz CT molecular complexity index is 815. The topological polar surface area (TPSA) is 81.0 Å². The van der Waals surface area contributed by atoms with Crippen LogP contribution in [0.15, 0.2) is 29.1 Å². The number of amides is 1. The number of aromatic nitrogens is 2. The van der Waals surface area contributed by atoms with E-state index in [9.17, 15) is 9.59 Å². The molecular formula is C20H26N4O2. The minimum atomic E-state index is -0.0534. The van der Waals surface area contributed by atoms with Gasteiger partial charge in [-0.25, -0.2) is 0 Å². The Labute approximate surface area is 153 Å². The van der Waals surface area contributed by atoms with E-state index in [0.29, 0.717) is 32.4 Å². The molecule has 3 heterocycles. The third-order valence-electron chi connectivity index (χ3n) is 5.65. The summed E-state index contributed by atoms with van der Waals surface area (Å²) >= 11 is 0. The number of aromatic amines is 2. The fourth-order valence-corrected chi connectivity index (χ4v) is 4.05. The van der Waals surface area contributed by atoms with Gasteiger partial charge < -0.3 is 15.3 Å². The third-order valence-corrected chi connectivity index (χ3v) is 5.65. The summed E-state index contributed by atoms with van der Waals surface area (Å²) in [5.41, 5.74) is 4.09. The molecule has 1 aromatic heterocycles. The molecule has 2 aliphatic rings. The van der Waals surface area contributed by atoms with E-state index in [4.69, 9.17) is 0 Å². The second-order valence-corrected chi connectivity index (χ2v) is 7.47. The van der Waals surface area contributed by atoms with Gasteiger partial charge in [0.25, 0.3) is 5.56 Å². The molecule has 26 heavy (non-hydrogen) atoms. The van der Waals surface area contributed by atoms with Gasteiger partial charge in [0, 0.05) is 30.8 Å². The number of rotatable bonds is 4. The molecular weight excluding hydrogens is 328 g/mol. The van der Waals surface area contributed by atoms with Gasteiger partial charge in [0.15, 0.2) is 0 Å². The zero-order valence-corrected chi connectivity index (χ0v) is 15.0. The maximum atomic E-state index is 12.7. The summed E-state index contributed by atoms with van der Waals surface area (Å²) in [4.78, 5) is 26.3. The van der Waals surface area contributed by atoms with Crippen LogP contribution >= 0.6 is 0 Å². The number of hydrogen-bond donors (Lipinski definition) is 3. The number of nitrogens with zero attached hydrogens (tertiary/aromatic N) is 1. The zero-order valence-electron chi connectivity index (χ0n) is 15.0. The van der Waals surface area contributed by atoms with Gasteiger partial charge in [0.1, 0.15) is 0 Å². The lowest BCUT2D eigenvalue weighted by molar-refractivity contribution is -0.130. The summed E-state index contributed by atoms with van der Waals surface area (Å²) in [6.45, 7) is 3.51. The van der Waals surface area contributed by atoms with Gasteiger partial charge in [-0.2, -0.15) is 0 Å². The predicted octanol–water partition coefficient (Wildman–Crippen LogP) is 1.02. The monoisotopic (exact) mass is 354 g/mol. The molecule has 1 aromatic carbocycles. The SMILES string of the molecule is O=C(Cc1ccc(CC2CCNC2)cc1)N1CCc2[nH][nH]c(=O)c2CC1. The van der Waals surface area contributed by atoms with Crippen LogP contribution < -0.4 is 10.9 Å². The Balaban J connectivity index is 1.33. The molecule has 0 saturated carbocycles. The van der Waals surface area contributed by atoms with E-state index < -0.39 is 0 Å². The first-order chi connectivity index (χ1) is 12.7. The average molecular weight is 354 g/mol. The molecule has 1 amide bonds. The number of benzene rings is 1. The number of nitrogens with one attached hydrogen (secondary N) is 3. The standard InChI is InChI=1S/C20H26N4O2/c25-19(24-9-6-17-18(7-10-24)22-23-20(17)26)12-15-3-1-14(2-4-15)11-16-5-8-21-13-16/h1-4,16,21H,5-13H2,(H2,22,23,26). The van der Waals surface area contributed by atoms with Crippen molar-refractivity contribution < 1.29 is 4.79 Å². The van der Waals surface area contributed by atoms with E-state index in [1.54, 1.807) is 0 Å². The van der Waals surface area contributed by atoms with Crippen molar-refractivity contribution in [1.82, 2.24) is 20.4 Å². The minimum Gasteiger partial charge on any atom is -0.342 e. The van der Waals surface area contributed by atoms with Gasteiger partial charge >= 0.3 is 0 Å². The van der Waals surface area contributed by atoms with Gasteiger partial charge in [0.2, 0.25) is 5.91 Å². The highest BCUT2D eigenvalue weighted by molar-refractivity contribution is 5.79. The predicted molar refractivity (Wildman–Crippen MR) is 100 cm³/mol. The van der Waals surface area contributed by atoms with Crippen LogP contribution in [0.2, 0.25) is 0 Å². The summed E-state index contributed by atoms with van der Waals surface area (Å²) in [6, 6.07) is 8.49. The summed E-state index contributed by atoms with van der Waals surface area (Å²) in [6.07, 6.45) is 4.11. The number of H-pyrrole nitrogens is 2. The number of carbonyl (C=O) groups excluding carboxylic acids is 1. The maximum Gasteiger partial charge on any atom is 0.267 e. The molecule has 2 aromatic rings. The Morgan fingerprint density at radius 2 is 1.85 bits per heavy atom. The number of carbonyl (C=O) groups is 1. The molecule has 138 valence electrons. The minimum absolute atomic E-state index is 0.0534. The third kappa shape index (κ3) is 3.75. The highest BCUT2D eigenvalue weighted by Crippen LogP contribution is 2.17. The molecule has 4 rings (SSSR count). The molecule has 0 bridgehead atoms. The Kier molecular flexibility index (Phi) is 4.93. The largest absolute Gasteiger partial charge is 0.342 e. The van der Waals surface area contributed by atoms with Gasteiger partial charge in [-0.3, -0.25) is 14.7 Å². The molecule has 1 unspecified atom stereocenters. The summed E-state index contributed by atoms with van der Waals surface area (Å²) in [7, 11) is 0. The van der Waals surface area contributed by atoms with Crippen LogP contribution in [0.3, 0.4) is 0 Å². The van der Waals surface area contributed by atoms with Crippen LogP contribution in [0.5, 0.6) is 0 Å². The lowest BCUT2D eigenvalue weighted by atomic mass is 9.97. The second-order valence-electron chi connectivity index (χ2n) is 7.47. The normalized spacial score (nSPS) is 20.0. The fourth-order valence-electron chi connectivity index (χ4n) is 4.05. The summed E-state index contributed by atoms with van der Waals surface area (Å²) < 4.78 is 0. The zero-order chi connectivity index (χ0) is 17.9. The van der Waals surface area contributed by atoms with Crippen molar-refractivity contribution in [2.24, 2.45) is 5.92 Å². The second kappa shape index (κ2) is 7.50. The average Bonchev–Trinajstić information content (AvgIpc) is 3.21. The molecule has 0 spiro atoms. The van der Waals surface area contributed by atoms with E-state index in [1.165, 1.54) is 12.0 Å². The lowest BCUT2D eigenvalue weighted by Crippen LogP contribution is -2.34. The van der Waals surface area contributed by atoms with Gasteiger partial charge in [-0.1, -0.05) is 24.3 Å². The van der Waals surface area contributed by atoms with Crippen molar-refractivity contribution in [2.45, 2.75) is 32.1 Å². The van der Waals surface area contributed by atoms with Crippen LogP contribution in [-0.4, -0.2) is 47.2 Å². The van der Waals surface area contributed by atoms with Crippen molar-refractivity contribution in [3.63, 3.8) is 0 Å². The highest BCUT2D eigenvalue weighted by Gasteiger charge is 2.21. The van der Waals surface area contributed by atoms with Crippen LogP contribution in [0.25, 0.3) is 0 Å². The van der Waals surface area contributed by atoms with Crippen LogP contribution in [0.4, 0.5) is 0 Å². The van der Waals surface area contributed by atoms with Crippen LogP contribution in [0, 0.1) is 5.92 Å². The van der Waals surface area contributed by atoms with Crippen LogP contribution in [0.1, 0.15) is 28.8 Å². The van der Waals surface area contributed by atoms with Crippen molar-refractivity contribution in [3.8, 4) is 0 Å². The van der Waals surface area contributed by atoms with E-state index in [1.807, 2.05) is 4.90 Å². The number of fused-ring (bicyclic) bond motifs is 1. The van der Waals surface area contributed by atoms with Gasteiger partial charge in [0.05, 0.1) is 6.42 Å². The van der Waals surface area contributed by atoms with Gasteiger partial charge in [-0.15, -0.1) is 0 Å². The first-order valence-electron chi connectivity index (χ1n) is 9.54. The lowest BCUT2D eigenvalue weighted by Gasteiger charge is -2.20. The quantitative estimate of drug-likeness (QED) is 0.767. The molecule has 0 radical (unpaired) electrons. The Morgan fingerprint density at radius 3 is 2.62 bits per heavy atom. The maximum absolute atomic E-state index is 12.7. The Hall–Kier alpha value is -2.34. The van der Waals surface area contributed by atoms with Gasteiger partial charge in [-0.05, 0) is 49.4 Å². The molecule has 1 atom stereocenters. The number of hydrogen-bond acceptors (Lipinski definition) is 3. The van der Waals surface area contributed by atoms with Crippen molar-refractivity contribution in [2.75, 3.05) is 26.2 Å². The van der Waals surface area contributed by atoms with Crippen molar-refractivity contribution >= 4 is 5.91 Å². The molecule has 2 aliphatic heterocycles. The molecule has 6 heteroatoms. The molecule has 1 fully saturated rings. The summed E-state index contributed by atoms with van der Waals surface area (Å²) in [5.74, 6) is 0.874. The van der Waals surface area contributed by atoms with Crippen LogP contribution in [-0.2, 0) is 30.5 Å². The first kappa shape index (κ1) is 17.1. The molecule has 3 N–H and O–H groups in total. The van der Waals surface area contributed by atoms with E-state index in [2.05, 4.69) is 39.8 Å². The van der Waals surface area contributed by atoms with E-state index >= 15 is 0 Å². The highest BCUT2D eigenvalue weighted by atomic mass is 16.2. The first-order valence-corrected chi connectivity index (χ1v) is 9.54. The van der Waals surface area contributed by atoms with Crippen molar-refractivity contribution in [1.29, 1.82) is 0 Å². The molecule has 1 saturated heterocycles. The summed E-state index contributed by atoms with van der Waals surface area (Å²) in [5, 5.41) is 8.97. The smallest absolute Gasteiger partial charge is 0.267 e. The van der Waals surface area contributed by atoms with E-state index in [0.717, 1.165) is 42.2 Å². The fraction of sp³-hybridized carbons (Fsp3) is 0.500. The Morgan fingerprint density at radius 1 is 1.08 bits per heavy atom. The molecule has 0 aliphatic carbocycles. The van der Waals surface area contributed by atoms with Crippen molar-refractivity contribution in [3.05, 3.63) is 57.0 Å².